The lowest BCUT2D eigenvalue weighted by Gasteiger charge is -2.27. The van der Waals surface area contributed by atoms with Crippen LogP contribution < -0.4 is 0 Å². The molecule has 0 heterocycles. The minimum atomic E-state index is 0.248. The summed E-state index contributed by atoms with van der Waals surface area (Å²) in [6.07, 6.45) is 7.54. The Balaban J connectivity index is 3.88. The Morgan fingerprint density at radius 2 is 1.79 bits per heavy atom. The van der Waals surface area contributed by atoms with Gasteiger partial charge in [-0.1, -0.05) is 34.1 Å². The Labute approximate surface area is 88.9 Å². The van der Waals surface area contributed by atoms with Crippen LogP contribution >= 0.6 is 0 Å². The third-order valence-corrected chi connectivity index (χ3v) is 2.36. The zero-order valence-corrected chi connectivity index (χ0v) is 10.1. The summed E-state index contributed by atoms with van der Waals surface area (Å²) in [4.78, 5) is 2.33. The second kappa shape index (κ2) is 9.07. The van der Waals surface area contributed by atoms with Gasteiger partial charge in [0.15, 0.2) is 6.23 Å². The van der Waals surface area contributed by atoms with Crippen molar-refractivity contribution in [2.24, 2.45) is 0 Å². The third-order valence-electron chi connectivity index (χ3n) is 2.36. The number of allylic oxidation sites excluding steroid dienone is 1. The lowest BCUT2D eigenvalue weighted by molar-refractivity contribution is -0.00502. The third kappa shape index (κ3) is 5.28. The molecule has 0 aliphatic carbocycles. The van der Waals surface area contributed by atoms with Crippen molar-refractivity contribution in [3.8, 4) is 0 Å². The van der Waals surface area contributed by atoms with Crippen molar-refractivity contribution in [3.63, 3.8) is 0 Å². The molecule has 0 saturated heterocycles. The first-order chi connectivity index (χ1) is 6.79. The van der Waals surface area contributed by atoms with Gasteiger partial charge in [0.2, 0.25) is 0 Å². The Morgan fingerprint density at radius 3 is 2.21 bits per heavy atom. The number of unbranched alkanes of at least 4 members (excludes halogenated alkanes) is 1. The topological polar surface area (TPSA) is 12.5 Å². The summed E-state index contributed by atoms with van der Waals surface area (Å²) >= 11 is 0. The molecule has 0 aliphatic heterocycles. The van der Waals surface area contributed by atoms with Crippen LogP contribution in [0.2, 0.25) is 0 Å². The summed E-state index contributed by atoms with van der Waals surface area (Å²) in [5.41, 5.74) is 0. The highest BCUT2D eigenvalue weighted by Gasteiger charge is 2.12. The predicted octanol–water partition coefficient (Wildman–Crippen LogP) is 3.39. The van der Waals surface area contributed by atoms with Gasteiger partial charge < -0.3 is 4.74 Å². The number of hydrogen-bond donors (Lipinski definition) is 0. The fourth-order valence-electron chi connectivity index (χ4n) is 1.45. The Bertz CT molecular complexity index is 141. The van der Waals surface area contributed by atoms with Crippen LogP contribution in [0.4, 0.5) is 0 Å². The van der Waals surface area contributed by atoms with E-state index in [9.17, 15) is 0 Å². The molecule has 0 aromatic heterocycles. The van der Waals surface area contributed by atoms with Crippen LogP contribution in [-0.2, 0) is 4.74 Å². The van der Waals surface area contributed by atoms with E-state index in [4.69, 9.17) is 4.74 Å². The van der Waals surface area contributed by atoms with Crippen molar-refractivity contribution < 1.29 is 4.74 Å². The van der Waals surface area contributed by atoms with Gasteiger partial charge in [0.1, 0.15) is 0 Å². The van der Waals surface area contributed by atoms with E-state index >= 15 is 0 Å². The maximum atomic E-state index is 5.68. The molecule has 0 amide bonds. The molecule has 2 heteroatoms. The first-order valence-electron chi connectivity index (χ1n) is 5.84. The van der Waals surface area contributed by atoms with Gasteiger partial charge in [0.25, 0.3) is 0 Å². The largest absolute Gasteiger partial charge is 0.483 e. The van der Waals surface area contributed by atoms with Crippen LogP contribution in [0.15, 0.2) is 12.3 Å². The normalized spacial score (nSPS) is 13.8. The molecule has 0 N–H and O–H groups in total. The summed E-state index contributed by atoms with van der Waals surface area (Å²) in [6.45, 7) is 10.8. The minimum Gasteiger partial charge on any atom is -0.483 e. The summed E-state index contributed by atoms with van der Waals surface area (Å²) in [7, 11) is 0. The zero-order chi connectivity index (χ0) is 10.8. The van der Waals surface area contributed by atoms with E-state index in [0.717, 1.165) is 25.9 Å². The van der Waals surface area contributed by atoms with Crippen molar-refractivity contribution in [2.45, 2.75) is 53.2 Å². The molecule has 0 aromatic carbocycles. The van der Waals surface area contributed by atoms with Crippen molar-refractivity contribution in [2.75, 3.05) is 13.1 Å². The second-order valence-electron chi connectivity index (χ2n) is 3.38. The van der Waals surface area contributed by atoms with Gasteiger partial charge in [-0.25, -0.2) is 0 Å². The average molecular weight is 199 g/mol. The zero-order valence-electron chi connectivity index (χ0n) is 10.1. The maximum Gasteiger partial charge on any atom is 0.151 e. The van der Waals surface area contributed by atoms with Crippen molar-refractivity contribution in [1.82, 2.24) is 4.90 Å². The minimum absolute atomic E-state index is 0.248. The molecule has 0 radical (unpaired) electrons. The Hall–Kier alpha value is -0.500. The van der Waals surface area contributed by atoms with E-state index in [-0.39, 0.29) is 6.23 Å². The summed E-state index contributed by atoms with van der Waals surface area (Å²) < 4.78 is 5.68. The van der Waals surface area contributed by atoms with E-state index in [1.807, 2.05) is 6.26 Å². The van der Waals surface area contributed by atoms with Crippen LogP contribution in [0.5, 0.6) is 0 Å². The smallest absolute Gasteiger partial charge is 0.151 e. The maximum absolute atomic E-state index is 5.68. The molecule has 1 atom stereocenters. The molecule has 14 heavy (non-hydrogen) atoms. The van der Waals surface area contributed by atoms with Gasteiger partial charge in [-0.3, -0.25) is 4.90 Å². The van der Waals surface area contributed by atoms with Crippen molar-refractivity contribution in [1.29, 1.82) is 0 Å². The Morgan fingerprint density at radius 1 is 1.14 bits per heavy atom. The van der Waals surface area contributed by atoms with E-state index < -0.39 is 0 Å². The first-order valence-corrected chi connectivity index (χ1v) is 5.84. The molecular weight excluding hydrogens is 174 g/mol. The molecule has 0 bridgehead atoms. The van der Waals surface area contributed by atoms with Crippen LogP contribution in [0, 0.1) is 0 Å². The van der Waals surface area contributed by atoms with Crippen molar-refractivity contribution in [3.05, 3.63) is 12.3 Å². The van der Waals surface area contributed by atoms with Crippen LogP contribution in [0.1, 0.15) is 47.0 Å². The van der Waals surface area contributed by atoms with Gasteiger partial charge in [-0.2, -0.15) is 0 Å². The quantitative estimate of drug-likeness (QED) is 0.439. The predicted molar refractivity (Wildman–Crippen MR) is 62.1 cm³/mol. The Kier molecular flexibility index (Phi) is 8.75. The number of ether oxygens (including phenoxy) is 1. The fourth-order valence-corrected chi connectivity index (χ4v) is 1.45. The summed E-state index contributed by atoms with van der Waals surface area (Å²) in [5.74, 6) is 0. The lowest BCUT2D eigenvalue weighted by Crippen LogP contribution is -2.35. The molecule has 0 aromatic rings. The van der Waals surface area contributed by atoms with E-state index in [0.29, 0.717) is 0 Å². The molecular formula is C12H25NO. The fraction of sp³-hybridized carbons (Fsp3) is 0.833. The van der Waals surface area contributed by atoms with E-state index in [1.165, 1.54) is 6.42 Å². The summed E-state index contributed by atoms with van der Waals surface area (Å²) in [5, 5.41) is 0. The molecule has 2 nitrogen and oxygen atoms in total. The summed E-state index contributed by atoms with van der Waals surface area (Å²) in [6, 6.07) is 0. The molecule has 0 rings (SSSR count). The number of nitrogens with zero attached hydrogens (tertiary/aromatic N) is 1. The first kappa shape index (κ1) is 13.5. The number of rotatable bonds is 8. The highest BCUT2D eigenvalue weighted by atomic mass is 16.5. The monoisotopic (exact) mass is 199 g/mol. The van der Waals surface area contributed by atoms with Gasteiger partial charge in [0.05, 0.1) is 6.26 Å². The van der Waals surface area contributed by atoms with Crippen LogP contribution in [-0.4, -0.2) is 24.2 Å². The van der Waals surface area contributed by atoms with Crippen molar-refractivity contribution >= 4 is 0 Å². The van der Waals surface area contributed by atoms with Gasteiger partial charge in [-0.05, 0) is 32.0 Å². The molecule has 0 saturated carbocycles. The van der Waals surface area contributed by atoms with E-state index in [1.54, 1.807) is 0 Å². The molecule has 84 valence electrons. The van der Waals surface area contributed by atoms with Gasteiger partial charge >= 0.3 is 0 Å². The molecule has 0 spiro atoms. The molecule has 0 fully saturated rings. The molecule has 1 unspecified atom stereocenters. The average Bonchev–Trinajstić information content (AvgIpc) is 2.23. The highest BCUT2D eigenvalue weighted by Crippen LogP contribution is 2.06. The van der Waals surface area contributed by atoms with Crippen LogP contribution in [0.25, 0.3) is 0 Å². The lowest BCUT2D eigenvalue weighted by atomic mass is 10.3. The molecule has 0 aliphatic rings. The van der Waals surface area contributed by atoms with Gasteiger partial charge in [-0.15, -0.1) is 0 Å². The number of hydrogen-bond acceptors (Lipinski definition) is 2. The van der Waals surface area contributed by atoms with Gasteiger partial charge in [0, 0.05) is 0 Å². The van der Waals surface area contributed by atoms with E-state index in [2.05, 4.69) is 38.7 Å². The highest BCUT2D eigenvalue weighted by molar-refractivity contribution is 4.74. The standard InChI is InChI=1S/C12H25NO/c1-5-9-10-11-14-12(6-2)13(7-3)8-4/h10-12H,5-9H2,1-4H3. The second-order valence-corrected chi connectivity index (χ2v) is 3.38. The SMILES string of the molecule is CCCC=COC(CC)N(CC)CC. The van der Waals surface area contributed by atoms with Crippen LogP contribution in [0.3, 0.4) is 0 Å².